The highest BCUT2D eigenvalue weighted by Gasteiger charge is 2.28. The number of anilines is 2. The minimum Gasteiger partial charge on any atom is -0.341 e. The van der Waals surface area contributed by atoms with Crippen molar-refractivity contribution in [2.24, 2.45) is 12.8 Å². The second-order valence-corrected chi connectivity index (χ2v) is 13.4. The van der Waals surface area contributed by atoms with Crippen molar-refractivity contribution in [3.05, 3.63) is 75.0 Å². The number of imidazole rings is 1. The van der Waals surface area contributed by atoms with Gasteiger partial charge in [-0.3, -0.25) is 23.0 Å². The number of aromatic nitrogens is 4. The number of sulfonamides is 1. The molecule has 4 rings (SSSR count). The van der Waals surface area contributed by atoms with E-state index in [1.165, 1.54) is 34.1 Å². The third-order valence-electron chi connectivity index (χ3n) is 7.46. The Hall–Kier alpha value is -3.97. The van der Waals surface area contributed by atoms with Crippen LogP contribution in [0, 0.1) is 0 Å². The largest absolute Gasteiger partial charge is 0.341 e. The van der Waals surface area contributed by atoms with Crippen LogP contribution in [0.1, 0.15) is 50.9 Å². The van der Waals surface area contributed by atoms with Crippen molar-refractivity contribution < 1.29 is 13.2 Å². The van der Waals surface area contributed by atoms with Crippen LogP contribution in [0.25, 0.3) is 11.2 Å². The highest BCUT2D eigenvalue weighted by molar-refractivity contribution is 7.92. The normalized spacial score (nSPS) is 15.6. The lowest BCUT2D eigenvalue weighted by molar-refractivity contribution is 0.0969. The Morgan fingerprint density at radius 1 is 1.23 bits per heavy atom. The number of fused-ring (bicyclic) bond motifs is 1. The molecular formula is C30H41N7O5S. The number of carbonyl (C=O) groups is 1. The number of hydrogen-bond donors (Lipinski definition) is 1. The lowest BCUT2D eigenvalue weighted by atomic mass is 10.1. The molecule has 3 heterocycles. The fourth-order valence-electron chi connectivity index (χ4n) is 5.44. The number of rotatable bonds is 11. The number of piperidine rings is 1. The molecule has 1 aliphatic heterocycles. The molecule has 232 valence electrons. The topological polar surface area (TPSA) is 146 Å². The molecule has 1 atom stereocenters. The molecule has 43 heavy (non-hydrogen) atoms. The van der Waals surface area contributed by atoms with Gasteiger partial charge in [-0.15, -0.1) is 6.58 Å². The predicted molar refractivity (Wildman–Crippen MR) is 170 cm³/mol. The van der Waals surface area contributed by atoms with E-state index in [2.05, 4.69) is 6.58 Å². The van der Waals surface area contributed by atoms with Crippen molar-refractivity contribution in [1.29, 1.82) is 0 Å². The molecule has 12 nitrogen and oxygen atoms in total. The Kier molecular flexibility index (Phi) is 9.45. The SMILES string of the molecule is C=CCS(=O)(=O)N(c1cccc(C(=O)Cn2c(=O)c3c(nc(N4CCCC(N)C4)n3CC=C(C)C)n(C)c2=O)c1)C(C)C. The minimum atomic E-state index is -3.73. The summed E-state index contributed by atoms with van der Waals surface area (Å²) in [4.78, 5) is 47.7. The molecule has 1 aromatic carbocycles. The van der Waals surface area contributed by atoms with Gasteiger partial charge in [0.1, 0.15) is 0 Å². The van der Waals surface area contributed by atoms with Gasteiger partial charge in [-0.25, -0.2) is 13.2 Å². The van der Waals surface area contributed by atoms with Crippen LogP contribution in [-0.2, 0) is 30.2 Å². The summed E-state index contributed by atoms with van der Waals surface area (Å²) in [5.41, 5.74) is 6.93. The summed E-state index contributed by atoms with van der Waals surface area (Å²) in [6.45, 7) is 12.0. The highest BCUT2D eigenvalue weighted by atomic mass is 32.2. The molecule has 0 aliphatic carbocycles. The molecule has 13 heteroatoms. The second-order valence-electron chi connectivity index (χ2n) is 11.5. The number of aryl methyl sites for hydroxylation is 1. The third-order valence-corrected chi connectivity index (χ3v) is 9.35. The van der Waals surface area contributed by atoms with Gasteiger partial charge in [-0.1, -0.05) is 29.9 Å². The van der Waals surface area contributed by atoms with E-state index in [1.54, 1.807) is 30.5 Å². The van der Waals surface area contributed by atoms with Gasteiger partial charge in [0.15, 0.2) is 16.9 Å². The Bertz CT molecular complexity index is 1800. The summed E-state index contributed by atoms with van der Waals surface area (Å²) in [5.74, 6) is -0.218. The quantitative estimate of drug-likeness (QED) is 0.257. The number of carbonyl (C=O) groups excluding carboxylic acids is 1. The standard InChI is InChI=1S/C30H41N7O5S/c1-7-16-43(41,42)37(21(4)5)24-12-8-10-22(17-24)25(38)19-36-28(39)26-27(33(6)30(36)40)32-29(35(26)15-13-20(2)3)34-14-9-11-23(31)18-34/h7-8,10,12-13,17,21,23H,1,9,11,14-16,18-19,31H2,2-6H3. The summed E-state index contributed by atoms with van der Waals surface area (Å²) in [6.07, 6.45) is 5.06. The van der Waals surface area contributed by atoms with Crippen LogP contribution in [0.4, 0.5) is 11.6 Å². The summed E-state index contributed by atoms with van der Waals surface area (Å²) >= 11 is 0. The van der Waals surface area contributed by atoms with Crippen LogP contribution in [0.15, 0.2) is 58.2 Å². The van der Waals surface area contributed by atoms with Crippen molar-refractivity contribution in [2.45, 2.75) is 65.7 Å². The molecule has 1 unspecified atom stereocenters. The van der Waals surface area contributed by atoms with Gasteiger partial charge >= 0.3 is 5.69 Å². The number of Topliss-reactive ketones (excluding diaryl/α,β-unsaturated/α-hetero) is 1. The van der Waals surface area contributed by atoms with Crippen molar-refractivity contribution >= 4 is 38.6 Å². The van der Waals surface area contributed by atoms with E-state index in [0.717, 1.165) is 29.5 Å². The fraction of sp³-hybridized carbons (Fsp3) is 0.467. The Morgan fingerprint density at radius 2 is 1.95 bits per heavy atom. The maximum Gasteiger partial charge on any atom is 0.332 e. The molecule has 0 spiro atoms. The second kappa shape index (κ2) is 12.7. The van der Waals surface area contributed by atoms with Crippen molar-refractivity contribution in [1.82, 2.24) is 18.7 Å². The lowest BCUT2D eigenvalue weighted by Crippen LogP contribution is -2.44. The fourth-order valence-corrected chi connectivity index (χ4v) is 6.98. The van der Waals surface area contributed by atoms with Crippen LogP contribution in [-0.4, -0.2) is 63.8 Å². The number of nitrogens with two attached hydrogens (primary N) is 1. The zero-order valence-corrected chi connectivity index (χ0v) is 26.3. The zero-order valence-electron chi connectivity index (χ0n) is 25.5. The Morgan fingerprint density at radius 3 is 2.58 bits per heavy atom. The van der Waals surface area contributed by atoms with Gasteiger partial charge in [0.25, 0.3) is 5.56 Å². The third kappa shape index (κ3) is 6.52. The molecular weight excluding hydrogens is 570 g/mol. The van der Waals surface area contributed by atoms with Gasteiger partial charge in [0, 0.05) is 44.3 Å². The first kappa shape index (κ1) is 32.0. The van der Waals surface area contributed by atoms with E-state index in [-0.39, 0.29) is 28.5 Å². The average molecular weight is 612 g/mol. The van der Waals surface area contributed by atoms with Gasteiger partial charge < -0.3 is 15.2 Å². The molecule has 0 bridgehead atoms. The van der Waals surface area contributed by atoms with Crippen LogP contribution in [0.2, 0.25) is 0 Å². The highest BCUT2D eigenvalue weighted by Crippen LogP contribution is 2.25. The molecule has 2 aromatic heterocycles. The van der Waals surface area contributed by atoms with Gasteiger partial charge in [-0.05, 0) is 52.7 Å². The first-order valence-electron chi connectivity index (χ1n) is 14.4. The molecule has 0 radical (unpaired) electrons. The van der Waals surface area contributed by atoms with Gasteiger partial charge in [0.05, 0.1) is 18.0 Å². The number of benzene rings is 1. The van der Waals surface area contributed by atoms with Crippen LogP contribution in [0.3, 0.4) is 0 Å². The summed E-state index contributed by atoms with van der Waals surface area (Å²) in [7, 11) is -2.20. The summed E-state index contributed by atoms with van der Waals surface area (Å²) in [5, 5.41) is 0. The van der Waals surface area contributed by atoms with E-state index in [1.807, 2.05) is 24.8 Å². The number of ketones is 1. The lowest BCUT2D eigenvalue weighted by Gasteiger charge is -2.31. The number of hydrogen-bond acceptors (Lipinski definition) is 8. The smallest absolute Gasteiger partial charge is 0.332 e. The molecule has 0 saturated carbocycles. The molecule has 0 amide bonds. The van der Waals surface area contributed by atoms with Crippen LogP contribution < -0.4 is 26.2 Å². The van der Waals surface area contributed by atoms with Crippen molar-refractivity contribution in [3.63, 3.8) is 0 Å². The van der Waals surface area contributed by atoms with E-state index < -0.39 is 39.6 Å². The van der Waals surface area contributed by atoms with E-state index >= 15 is 0 Å². The summed E-state index contributed by atoms with van der Waals surface area (Å²) < 4.78 is 31.1. The van der Waals surface area contributed by atoms with Crippen LogP contribution >= 0.6 is 0 Å². The first-order valence-corrected chi connectivity index (χ1v) is 16.0. The van der Waals surface area contributed by atoms with Gasteiger partial charge in [-0.2, -0.15) is 4.98 Å². The van der Waals surface area contributed by atoms with E-state index in [9.17, 15) is 22.8 Å². The monoisotopic (exact) mass is 611 g/mol. The predicted octanol–water partition coefficient (Wildman–Crippen LogP) is 2.40. The van der Waals surface area contributed by atoms with E-state index in [4.69, 9.17) is 10.7 Å². The molecule has 3 aromatic rings. The summed E-state index contributed by atoms with van der Waals surface area (Å²) in [6, 6.07) is 5.73. The average Bonchev–Trinajstić information content (AvgIpc) is 3.32. The maximum absolute atomic E-state index is 13.9. The van der Waals surface area contributed by atoms with Crippen molar-refractivity contribution in [3.8, 4) is 0 Å². The van der Waals surface area contributed by atoms with E-state index in [0.29, 0.717) is 24.7 Å². The minimum absolute atomic E-state index is 0.0299. The van der Waals surface area contributed by atoms with Gasteiger partial charge in [0.2, 0.25) is 16.0 Å². The van der Waals surface area contributed by atoms with Crippen LogP contribution in [0.5, 0.6) is 0 Å². The number of allylic oxidation sites excluding steroid dienone is 2. The zero-order chi connectivity index (χ0) is 31.6. The van der Waals surface area contributed by atoms with Crippen molar-refractivity contribution in [2.75, 3.05) is 28.0 Å². The molecule has 2 N–H and O–H groups in total. The molecule has 1 saturated heterocycles. The Balaban J connectivity index is 1.80. The molecule has 1 fully saturated rings. The molecule has 1 aliphatic rings. The maximum atomic E-state index is 13.9. The number of nitrogens with zero attached hydrogens (tertiary/aromatic N) is 6. The first-order chi connectivity index (χ1) is 20.3. The Labute approximate surface area is 251 Å².